The number of fused-ring (bicyclic) bond motifs is 2. The SMILES string of the molecule is CCOC(=O)C1=C(C)N=C2N(c3ccccc3)N=C(C(=O)c3cc4cc(Br)ccc4o3)N2C1c1ccc(C)cc1. The number of halogens is 1. The van der Waals surface area contributed by atoms with Gasteiger partial charge < -0.3 is 9.15 Å². The van der Waals surface area contributed by atoms with Gasteiger partial charge in [0.1, 0.15) is 5.58 Å². The standard InChI is InChI=1S/C31H25BrN4O4/c1-4-39-30(38)26-19(3)33-31-35(27(26)20-12-10-18(2)11-13-20)29(34-36(31)23-8-6-5-7-9-23)28(37)25-17-21-16-22(32)14-15-24(21)40-25/h5-17,27H,4H2,1-3H3. The third kappa shape index (κ3) is 4.42. The van der Waals surface area contributed by atoms with Crippen LogP contribution in [0.25, 0.3) is 11.0 Å². The second-order valence-electron chi connectivity index (χ2n) is 9.51. The molecule has 0 radical (unpaired) electrons. The van der Waals surface area contributed by atoms with E-state index in [1.165, 1.54) is 0 Å². The van der Waals surface area contributed by atoms with Gasteiger partial charge in [-0.25, -0.2) is 9.79 Å². The molecule has 6 rings (SSSR count). The van der Waals surface area contributed by atoms with Crippen molar-refractivity contribution in [2.75, 3.05) is 11.6 Å². The first-order chi connectivity index (χ1) is 19.4. The number of carbonyl (C=O) groups is 2. The van der Waals surface area contributed by atoms with Crippen molar-refractivity contribution in [1.82, 2.24) is 4.90 Å². The number of rotatable bonds is 6. The molecule has 0 saturated carbocycles. The number of hydrogen-bond donors (Lipinski definition) is 0. The Morgan fingerprint density at radius 1 is 1.00 bits per heavy atom. The lowest BCUT2D eigenvalue weighted by atomic mass is 9.93. The summed E-state index contributed by atoms with van der Waals surface area (Å²) >= 11 is 3.47. The first kappa shape index (κ1) is 25.8. The summed E-state index contributed by atoms with van der Waals surface area (Å²) in [7, 11) is 0. The van der Waals surface area contributed by atoms with E-state index in [1.807, 2.05) is 73.7 Å². The number of ether oxygens (including phenoxy) is 1. The molecule has 0 saturated heterocycles. The van der Waals surface area contributed by atoms with Gasteiger partial charge in [0.15, 0.2) is 5.76 Å². The summed E-state index contributed by atoms with van der Waals surface area (Å²) in [6.07, 6.45) is 0. The van der Waals surface area contributed by atoms with Crippen LogP contribution in [-0.4, -0.2) is 35.1 Å². The average Bonchev–Trinajstić information content (AvgIpc) is 3.54. The van der Waals surface area contributed by atoms with E-state index in [4.69, 9.17) is 19.2 Å². The Morgan fingerprint density at radius 2 is 1.75 bits per heavy atom. The number of Topliss-reactive ketones (excluding diaryl/α,β-unsaturated/α-hetero) is 1. The van der Waals surface area contributed by atoms with Gasteiger partial charge in [0.2, 0.25) is 11.8 Å². The zero-order valence-electron chi connectivity index (χ0n) is 22.1. The molecule has 0 bridgehead atoms. The molecule has 3 heterocycles. The third-order valence-electron chi connectivity index (χ3n) is 6.81. The first-order valence-electron chi connectivity index (χ1n) is 12.9. The fraction of sp³-hybridized carbons (Fsp3) is 0.161. The number of hydrazone groups is 1. The lowest BCUT2D eigenvalue weighted by Gasteiger charge is -2.35. The molecular formula is C31H25BrN4O4. The molecule has 0 spiro atoms. The maximum absolute atomic E-state index is 14.2. The minimum Gasteiger partial charge on any atom is -0.463 e. The number of amidine groups is 1. The number of guanidine groups is 1. The number of carbonyl (C=O) groups excluding carboxylic acids is 2. The predicted octanol–water partition coefficient (Wildman–Crippen LogP) is 6.77. The van der Waals surface area contributed by atoms with Crippen molar-refractivity contribution >= 4 is 56.1 Å². The highest BCUT2D eigenvalue weighted by Gasteiger charge is 2.47. The Bertz CT molecular complexity index is 1740. The Balaban J connectivity index is 1.55. The molecular weight excluding hydrogens is 572 g/mol. The number of aryl methyl sites for hydroxylation is 1. The number of nitrogens with zero attached hydrogens (tertiary/aromatic N) is 4. The Hall–Kier alpha value is -4.50. The van der Waals surface area contributed by atoms with E-state index in [2.05, 4.69) is 15.9 Å². The van der Waals surface area contributed by atoms with Crippen molar-refractivity contribution in [2.45, 2.75) is 26.8 Å². The summed E-state index contributed by atoms with van der Waals surface area (Å²) in [4.78, 5) is 34.0. The molecule has 4 aromatic rings. The van der Waals surface area contributed by atoms with Crippen LogP contribution < -0.4 is 5.01 Å². The van der Waals surface area contributed by atoms with E-state index < -0.39 is 17.8 Å². The van der Waals surface area contributed by atoms with Crippen LogP contribution >= 0.6 is 15.9 Å². The summed E-state index contributed by atoms with van der Waals surface area (Å²) in [5.41, 5.74) is 4.00. The zero-order chi connectivity index (χ0) is 28.0. The van der Waals surface area contributed by atoms with Crippen LogP contribution in [0.4, 0.5) is 5.69 Å². The molecule has 40 heavy (non-hydrogen) atoms. The molecule has 1 unspecified atom stereocenters. The maximum Gasteiger partial charge on any atom is 0.338 e. The molecule has 1 aromatic heterocycles. The number of esters is 1. The highest BCUT2D eigenvalue weighted by molar-refractivity contribution is 9.10. The fourth-order valence-corrected chi connectivity index (χ4v) is 5.31. The van der Waals surface area contributed by atoms with E-state index in [9.17, 15) is 9.59 Å². The summed E-state index contributed by atoms with van der Waals surface area (Å²) in [6, 6.07) is 23.8. The molecule has 0 N–H and O–H groups in total. The maximum atomic E-state index is 14.2. The van der Waals surface area contributed by atoms with E-state index in [0.29, 0.717) is 22.8 Å². The quantitative estimate of drug-likeness (QED) is 0.180. The number of furan rings is 1. The number of allylic oxidation sites excluding steroid dienone is 1. The minimum atomic E-state index is -0.706. The van der Waals surface area contributed by atoms with Gasteiger partial charge in [0, 0.05) is 9.86 Å². The van der Waals surface area contributed by atoms with Gasteiger partial charge >= 0.3 is 5.97 Å². The number of ketones is 1. The van der Waals surface area contributed by atoms with Crippen molar-refractivity contribution in [3.8, 4) is 0 Å². The topological polar surface area (TPSA) is 87.7 Å². The smallest absolute Gasteiger partial charge is 0.338 e. The second-order valence-corrected chi connectivity index (χ2v) is 10.4. The van der Waals surface area contributed by atoms with Gasteiger partial charge in [0.05, 0.1) is 29.6 Å². The molecule has 0 fully saturated rings. The summed E-state index contributed by atoms with van der Waals surface area (Å²) in [5.74, 6) is -0.303. The largest absolute Gasteiger partial charge is 0.463 e. The molecule has 0 amide bonds. The molecule has 200 valence electrons. The van der Waals surface area contributed by atoms with Crippen LogP contribution in [0.2, 0.25) is 0 Å². The molecule has 1 atom stereocenters. The van der Waals surface area contributed by atoms with E-state index in [1.54, 1.807) is 35.9 Å². The van der Waals surface area contributed by atoms with Crippen LogP contribution in [0.5, 0.6) is 0 Å². The van der Waals surface area contributed by atoms with Crippen molar-refractivity contribution in [3.05, 3.63) is 111 Å². The Labute approximate surface area is 239 Å². The van der Waals surface area contributed by atoms with Crippen LogP contribution in [0, 0.1) is 6.92 Å². The van der Waals surface area contributed by atoms with Gasteiger partial charge in [0.25, 0.3) is 5.78 Å². The highest BCUT2D eigenvalue weighted by Crippen LogP contribution is 2.41. The fourth-order valence-electron chi connectivity index (χ4n) is 4.93. The van der Waals surface area contributed by atoms with Crippen LogP contribution in [0.15, 0.2) is 109 Å². The monoisotopic (exact) mass is 596 g/mol. The molecule has 2 aliphatic heterocycles. The summed E-state index contributed by atoms with van der Waals surface area (Å²) < 4.78 is 12.3. The van der Waals surface area contributed by atoms with E-state index >= 15 is 0 Å². The molecule has 2 aliphatic rings. The van der Waals surface area contributed by atoms with Gasteiger partial charge in [-0.15, -0.1) is 5.10 Å². The van der Waals surface area contributed by atoms with Gasteiger partial charge in [-0.1, -0.05) is 64.0 Å². The number of aliphatic imine (C=N–C) groups is 1. The number of hydrogen-bond acceptors (Lipinski definition) is 8. The molecule has 0 aliphatic carbocycles. The van der Waals surface area contributed by atoms with Crippen molar-refractivity contribution < 1.29 is 18.7 Å². The van der Waals surface area contributed by atoms with E-state index in [-0.39, 0.29) is 18.2 Å². The van der Waals surface area contributed by atoms with Crippen molar-refractivity contribution in [2.24, 2.45) is 10.1 Å². The van der Waals surface area contributed by atoms with Crippen LogP contribution in [0.3, 0.4) is 0 Å². The Kier molecular flexibility index (Phi) is 6.59. The van der Waals surface area contributed by atoms with Gasteiger partial charge in [-0.05, 0) is 62.7 Å². The first-order valence-corrected chi connectivity index (χ1v) is 13.6. The third-order valence-corrected chi connectivity index (χ3v) is 7.30. The summed E-state index contributed by atoms with van der Waals surface area (Å²) in [5, 5.41) is 7.19. The second kappa shape index (κ2) is 10.2. The predicted molar refractivity (Wildman–Crippen MR) is 157 cm³/mol. The van der Waals surface area contributed by atoms with Crippen molar-refractivity contribution in [3.63, 3.8) is 0 Å². The minimum absolute atomic E-state index is 0.0839. The van der Waals surface area contributed by atoms with Gasteiger partial charge in [-0.2, -0.15) is 5.01 Å². The van der Waals surface area contributed by atoms with Crippen LogP contribution in [-0.2, 0) is 9.53 Å². The number of benzene rings is 3. The summed E-state index contributed by atoms with van der Waals surface area (Å²) in [6.45, 7) is 5.74. The van der Waals surface area contributed by atoms with E-state index in [0.717, 1.165) is 26.7 Å². The molecule has 9 heteroatoms. The molecule has 8 nitrogen and oxygen atoms in total. The average molecular weight is 597 g/mol. The number of para-hydroxylation sites is 1. The Morgan fingerprint density at radius 3 is 2.48 bits per heavy atom. The van der Waals surface area contributed by atoms with Gasteiger partial charge in [-0.3, -0.25) is 9.69 Å². The lowest BCUT2D eigenvalue weighted by molar-refractivity contribution is -0.139. The lowest BCUT2D eigenvalue weighted by Crippen LogP contribution is -2.46. The van der Waals surface area contributed by atoms with Crippen molar-refractivity contribution in [1.29, 1.82) is 0 Å². The molecule has 3 aromatic carbocycles. The number of anilines is 1. The zero-order valence-corrected chi connectivity index (χ0v) is 23.7. The normalized spacial score (nSPS) is 16.6. The van der Waals surface area contributed by atoms with Crippen LogP contribution in [0.1, 0.15) is 41.6 Å². The highest BCUT2D eigenvalue weighted by atomic mass is 79.9.